The van der Waals surface area contributed by atoms with E-state index in [-0.39, 0.29) is 36.0 Å². The second kappa shape index (κ2) is 7.38. The van der Waals surface area contributed by atoms with E-state index in [2.05, 4.69) is 5.32 Å². The maximum absolute atomic E-state index is 13.9. The maximum atomic E-state index is 13.9. The van der Waals surface area contributed by atoms with Gasteiger partial charge in [-0.2, -0.15) is 0 Å². The summed E-state index contributed by atoms with van der Waals surface area (Å²) in [6.07, 6.45) is 1.16. The highest BCUT2D eigenvalue weighted by atomic mass is 19.1. The number of aliphatic carboxylic acids is 1. The third-order valence-electron chi connectivity index (χ3n) is 4.17. The normalized spacial score (nSPS) is 16.7. The molecule has 1 saturated heterocycles. The molecule has 1 aromatic carbocycles. The summed E-state index contributed by atoms with van der Waals surface area (Å²) < 4.78 is 19.1. The maximum Gasteiger partial charge on any atom is 0.307 e. The van der Waals surface area contributed by atoms with Gasteiger partial charge in [0.15, 0.2) is 0 Å². The number of halogens is 1. The van der Waals surface area contributed by atoms with E-state index in [1.165, 1.54) is 18.4 Å². The molecule has 7 nitrogen and oxygen atoms in total. The van der Waals surface area contributed by atoms with E-state index in [1.807, 2.05) is 0 Å². The molecule has 0 bridgehead atoms. The third kappa shape index (κ3) is 4.08. The number of anilines is 1. The van der Waals surface area contributed by atoms with Gasteiger partial charge in [-0.25, -0.2) is 4.39 Å². The topological polar surface area (TPSA) is 99.8 Å². The fraction of sp³-hybridized carbons (Fsp3) is 0.278. The van der Waals surface area contributed by atoms with Crippen LogP contribution in [0.25, 0.3) is 0 Å². The lowest BCUT2D eigenvalue weighted by atomic mass is 10.1. The standard InChI is InChI=1S/C18H17FN2O5/c19-15-8-13(4-3-11(15)7-17(23)24)20-18(25)12-6-16(22)21(9-12)10-14-2-1-5-26-14/h1-5,8,12H,6-7,9-10H2,(H,20,25)(H,23,24). The fourth-order valence-corrected chi connectivity index (χ4v) is 2.87. The summed E-state index contributed by atoms with van der Waals surface area (Å²) in [5.41, 5.74) is 0.259. The van der Waals surface area contributed by atoms with Gasteiger partial charge < -0.3 is 19.7 Å². The molecule has 2 N–H and O–H groups in total. The number of nitrogens with one attached hydrogen (secondary N) is 1. The summed E-state index contributed by atoms with van der Waals surface area (Å²) in [4.78, 5) is 36.6. The number of carboxylic acids is 1. The Balaban J connectivity index is 1.60. The van der Waals surface area contributed by atoms with Gasteiger partial charge in [0.2, 0.25) is 11.8 Å². The first kappa shape index (κ1) is 17.7. The molecule has 1 unspecified atom stereocenters. The lowest BCUT2D eigenvalue weighted by Crippen LogP contribution is -2.28. The van der Waals surface area contributed by atoms with Crippen LogP contribution in [0, 0.1) is 11.7 Å². The van der Waals surface area contributed by atoms with Crippen molar-refractivity contribution in [2.24, 2.45) is 5.92 Å². The van der Waals surface area contributed by atoms with Gasteiger partial charge in [0, 0.05) is 18.7 Å². The van der Waals surface area contributed by atoms with Crippen molar-refractivity contribution < 1.29 is 28.3 Å². The number of amides is 2. The van der Waals surface area contributed by atoms with Crippen molar-refractivity contribution in [2.45, 2.75) is 19.4 Å². The smallest absolute Gasteiger partial charge is 0.307 e. The molecule has 2 aromatic rings. The van der Waals surface area contributed by atoms with E-state index in [9.17, 15) is 18.8 Å². The molecule has 0 spiro atoms. The third-order valence-corrected chi connectivity index (χ3v) is 4.17. The van der Waals surface area contributed by atoms with E-state index in [4.69, 9.17) is 9.52 Å². The number of likely N-dealkylation sites (tertiary alicyclic amines) is 1. The minimum absolute atomic E-state index is 0.0381. The summed E-state index contributed by atoms with van der Waals surface area (Å²) in [5, 5.41) is 11.3. The van der Waals surface area contributed by atoms with Gasteiger partial charge in [0.25, 0.3) is 0 Å². The quantitative estimate of drug-likeness (QED) is 0.821. The first-order valence-corrected chi connectivity index (χ1v) is 8.03. The molecule has 1 atom stereocenters. The number of carbonyl (C=O) groups excluding carboxylic acids is 2. The van der Waals surface area contributed by atoms with Gasteiger partial charge >= 0.3 is 5.97 Å². The van der Waals surface area contributed by atoms with E-state index in [0.29, 0.717) is 12.3 Å². The van der Waals surface area contributed by atoms with Crippen LogP contribution in [-0.4, -0.2) is 34.3 Å². The molecule has 3 rings (SSSR count). The van der Waals surface area contributed by atoms with Gasteiger partial charge in [-0.3, -0.25) is 14.4 Å². The number of carboxylic acid groups (broad SMARTS) is 1. The van der Waals surface area contributed by atoms with Crippen LogP contribution < -0.4 is 5.32 Å². The first-order valence-electron chi connectivity index (χ1n) is 8.03. The lowest BCUT2D eigenvalue weighted by molar-refractivity contribution is -0.136. The van der Waals surface area contributed by atoms with Crippen LogP contribution in [0.15, 0.2) is 41.0 Å². The Hall–Kier alpha value is -3.16. The molecular formula is C18H17FN2O5. The minimum atomic E-state index is -1.14. The molecule has 1 aliphatic rings. The number of hydrogen-bond acceptors (Lipinski definition) is 4. The van der Waals surface area contributed by atoms with Crippen LogP contribution >= 0.6 is 0 Å². The average molecular weight is 360 g/mol. The van der Waals surface area contributed by atoms with Crippen molar-refractivity contribution >= 4 is 23.5 Å². The summed E-state index contributed by atoms with van der Waals surface area (Å²) in [6, 6.07) is 7.32. The van der Waals surface area contributed by atoms with E-state index >= 15 is 0 Å². The summed E-state index contributed by atoms with van der Waals surface area (Å²) in [7, 11) is 0. The number of rotatable bonds is 6. The highest BCUT2D eigenvalue weighted by Gasteiger charge is 2.34. The predicted octanol–water partition coefficient (Wildman–Crippen LogP) is 2.03. The zero-order chi connectivity index (χ0) is 18.7. The molecule has 1 aromatic heterocycles. The van der Waals surface area contributed by atoms with Crippen LogP contribution in [-0.2, 0) is 27.3 Å². The van der Waals surface area contributed by atoms with Crippen LogP contribution in [0.5, 0.6) is 0 Å². The van der Waals surface area contributed by atoms with Crippen LogP contribution in [0.2, 0.25) is 0 Å². The molecule has 0 radical (unpaired) electrons. The molecular weight excluding hydrogens is 343 g/mol. The molecule has 8 heteroatoms. The van der Waals surface area contributed by atoms with Gasteiger partial charge in [0.1, 0.15) is 11.6 Å². The second-order valence-electron chi connectivity index (χ2n) is 6.12. The highest BCUT2D eigenvalue weighted by molar-refractivity contribution is 5.97. The number of benzene rings is 1. The Bertz CT molecular complexity index is 834. The predicted molar refractivity (Wildman–Crippen MR) is 88.6 cm³/mol. The number of hydrogen-bond donors (Lipinski definition) is 2. The zero-order valence-electron chi connectivity index (χ0n) is 13.8. The molecule has 136 valence electrons. The Kier molecular flexibility index (Phi) is 5.01. The van der Waals surface area contributed by atoms with Crippen LogP contribution in [0.4, 0.5) is 10.1 Å². The van der Waals surface area contributed by atoms with Gasteiger partial charge in [-0.15, -0.1) is 0 Å². The summed E-state index contributed by atoms with van der Waals surface area (Å²) in [5.74, 6) is -2.28. The Morgan fingerprint density at radius 2 is 2.15 bits per heavy atom. The first-order chi connectivity index (χ1) is 12.4. The highest BCUT2D eigenvalue weighted by Crippen LogP contribution is 2.23. The van der Waals surface area contributed by atoms with Crippen LogP contribution in [0.1, 0.15) is 17.7 Å². The fourth-order valence-electron chi connectivity index (χ4n) is 2.87. The van der Waals surface area contributed by atoms with Crippen molar-refractivity contribution in [2.75, 3.05) is 11.9 Å². The van der Waals surface area contributed by atoms with E-state index in [1.54, 1.807) is 17.0 Å². The minimum Gasteiger partial charge on any atom is -0.481 e. The number of furan rings is 1. The van der Waals surface area contributed by atoms with E-state index in [0.717, 1.165) is 6.07 Å². The van der Waals surface area contributed by atoms with Crippen molar-refractivity contribution in [3.8, 4) is 0 Å². The van der Waals surface area contributed by atoms with Crippen molar-refractivity contribution in [3.05, 3.63) is 53.7 Å². The Labute approximate surface area is 148 Å². The number of nitrogens with zero attached hydrogens (tertiary/aromatic N) is 1. The van der Waals surface area contributed by atoms with Crippen molar-refractivity contribution in [1.82, 2.24) is 4.90 Å². The van der Waals surface area contributed by atoms with Gasteiger partial charge in [-0.05, 0) is 29.8 Å². The molecule has 2 amide bonds. The summed E-state index contributed by atoms with van der Waals surface area (Å²) >= 11 is 0. The van der Waals surface area contributed by atoms with E-state index < -0.39 is 24.1 Å². The van der Waals surface area contributed by atoms with Crippen molar-refractivity contribution in [3.63, 3.8) is 0 Å². The van der Waals surface area contributed by atoms with Gasteiger partial charge in [-0.1, -0.05) is 6.07 Å². The van der Waals surface area contributed by atoms with Crippen molar-refractivity contribution in [1.29, 1.82) is 0 Å². The zero-order valence-corrected chi connectivity index (χ0v) is 13.8. The molecule has 0 saturated carbocycles. The largest absolute Gasteiger partial charge is 0.481 e. The monoisotopic (exact) mass is 360 g/mol. The number of carbonyl (C=O) groups is 3. The van der Waals surface area contributed by atoms with Gasteiger partial charge in [0.05, 0.1) is 25.1 Å². The second-order valence-corrected chi connectivity index (χ2v) is 6.12. The molecule has 1 aliphatic heterocycles. The summed E-state index contributed by atoms with van der Waals surface area (Å²) in [6.45, 7) is 0.555. The molecule has 0 aliphatic carbocycles. The Morgan fingerprint density at radius 1 is 1.35 bits per heavy atom. The molecule has 2 heterocycles. The van der Waals surface area contributed by atoms with Crippen LogP contribution in [0.3, 0.4) is 0 Å². The Morgan fingerprint density at radius 3 is 2.81 bits per heavy atom. The molecule has 26 heavy (non-hydrogen) atoms. The average Bonchev–Trinajstić information content (AvgIpc) is 3.20. The lowest BCUT2D eigenvalue weighted by Gasteiger charge is -2.15. The molecule has 1 fully saturated rings. The SMILES string of the molecule is O=C(O)Cc1ccc(NC(=O)C2CC(=O)N(Cc3ccco3)C2)cc1F.